The highest BCUT2D eigenvalue weighted by Gasteiger charge is 2.30. The summed E-state index contributed by atoms with van der Waals surface area (Å²) in [5.74, 6) is -1.08. The lowest BCUT2D eigenvalue weighted by Gasteiger charge is -2.34. The molecule has 1 fully saturated rings. The second kappa shape index (κ2) is 5.70. The van der Waals surface area contributed by atoms with Crippen molar-refractivity contribution in [2.24, 2.45) is 5.41 Å². The van der Waals surface area contributed by atoms with Crippen LogP contribution in [0.15, 0.2) is 10.3 Å². The third-order valence-electron chi connectivity index (χ3n) is 4.02. The summed E-state index contributed by atoms with van der Waals surface area (Å²) in [5, 5.41) is 9.02. The Morgan fingerprint density at radius 3 is 2.43 bits per heavy atom. The Morgan fingerprint density at radius 1 is 1.38 bits per heavy atom. The normalized spacial score (nSPS) is 19.6. The van der Waals surface area contributed by atoms with Crippen molar-refractivity contribution >= 4 is 27.3 Å². The van der Waals surface area contributed by atoms with Crippen LogP contribution in [0.2, 0.25) is 0 Å². The molecule has 0 amide bonds. The van der Waals surface area contributed by atoms with Gasteiger partial charge in [-0.05, 0) is 49.7 Å². The average molecular weight is 331 g/mol. The SMILES string of the molecule is Cc1cc(S(=O)(=O)NC2CCC(C)(C)CC2)sc1C(=O)O. The van der Waals surface area contributed by atoms with Gasteiger partial charge in [-0.3, -0.25) is 0 Å². The molecule has 1 aliphatic rings. The van der Waals surface area contributed by atoms with Gasteiger partial charge in [-0.25, -0.2) is 17.9 Å². The maximum atomic E-state index is 12.4. The number of rotatable bonds is 4. The van der Waals surface area contributed by atoms with Crippen molar-refractivity contribution in [3.05, 3.63) is 16.5 Å². The summed E-state index contributed by atoms with van der Waals surface area (Å²) < 4.78 is 27.5. The third-order valence-corrected chi connectivity index (χ3v) is 7.23. The molecule has 0 radical (unpaired) electrons. The lowest BCUT2D eigenvalue weighted by molar-refractivity contribution is 0.0701. The van der Waals surface area contributed by atoms with Crippen molar-refractivity contribution in [3.63, 3.8) is 0 Å². The summed E-state index contributed by atoms with van der Waals surface area (Å²) in [6.45, 7) is 6.00. The van der Waals surface area contributed by atoms with Crippen molar-refractivity contribution in [2.75, 3.05) is 0 Å². The highest BCUT2D eigenvalue weighted by molar-refractivity contribution is 7.91. The Labute approximate surface area is 129 Å². The third kappa shape index (κ3) is 3.84. The number of carboxylic acid groups (broad SMARTS) is 1. The topological polar surface area (TPSA) is 83.5 Å². The molecule has 0 bridgehead atoms. The van der Waals surface area contributed by atoms with E-state index in [1.165, 1.54) is 6.07 Å². The lowest BCUT2D eigenvalue weighted by Crippen LogP contribution is -2.38. The number of carbonyl (C=O) groups is 1. The van der Waals surface area contributed by atoms with Gasteiger partial charge in [0.15, 0.2) is 0 Å². The minimum absolute atomic E-state index is 0.0568. The molecular weight excluding hydrogens is 310 g/mol. The summed E-state index contributed by atoms with van der Waals surface area (Å²) in [6, 6.07) is 1.38. The van der Waals surface area contributed by atoms with Crippen LogP contribution >= 0.6 is 11.3 Å². The fourth-order valence-corrected chi connectivity index (χ4v) is 5.29. The number of thiophene rings is 1. The maximum Gasteiger partial charge on any atom is 0.346 e. The molecule has 0 spiro atoms. The fraction of sp³-hybridized carbons (Fsp3) is 0.643. The van der Waals surface area contributed by atoms with Gasteiger partial charge in [-0.15, -0.1) is 11.3 Å². The molecule has 2 rings (SSSR count). The molecule has 1 aromatic rings. The molecule has 0 aromatic carbocycles. The molecule has 21 heavy (non-hydrogen) atoms. The quantitative estimate of drug-likeness (QED) is 0.888. The summed E-state index contributed by atoms with van der Waals surface area (Å²) in [5.41, 5.74) is 0.760. The minimum Gasteiger partial charge on any atom is -0.477 e. The zero-order chi connectivity index (χ0) is 15.8. The Hall–Kier alpha value is -0.920. The van der Waals surface area contributed by atoms with Crippen molar-refractivity contribution in [1.29, 1.82) is 0 Å². The van der Waals surface area contributed by atoms with Gasteiger partial charge in [-0.1, -0.05) is 13.8 Å². The Balaban J connectivity index is 2.12. The smallest absolute Gasteiger partial charge is 0.346 e. The summed E-state index contributed by atoms with van der Waals surface area (Å²) in [4.78, 5) is 11.1. The molecule has 0 atom stereocenters. The number of hydrogen-bond donors (Lipinski definition) is 2. The van der Waals surface area contributed by atoms with Crippen LogP contribution in [-0.2, 0) is 10.0 Å². The predicted molar refractivity (Wildman–Crippen MR) is 82.4 cm³/mol. The van der Waals surface area contributed by atoms with Gasteiger partial charge in [0.25, 0.3) is 0 Å². The Morgan fingerprint density at radius 2 is 1.95 bits per heavy atom. The molecule has 5 nitrogen and oxygen atoms in total. The van der Waals surface area contributed by atoms with E-state index < -0.39 is 16.0 Å². The van der Waals surface area contributed by atoms with Crippen molar-refractivity contribution < 1.29 is 18.3 Å². The molecule has 1 aliphatic carbocycles. The zero-order valence-corrected chi connectivity index (χ0v) is 14.1. The number of sulfonamides is 1. The van der Waals surface area contributed by atoms with Gasteiger partial charge in [-0.2, -0.15) is 0 Å². The van der Waals surface area contributed by atoms with E-state index in [1.807, 2.05) is 0 Å². The van der Waals surface area contributed by atoms with Crippen molar-refractivity contribution in [3.8, 4) is 0 Å². The van der Waals surface area contributed by atoms with Gasteiger partial charge < -0.3 is 5.11 Å². The first-order valence-electron chi connectivity index (χ1n) is 6.97. The summed E-state index contributed by atoms with van der Waals surface area (Å²) in [7, 11) is -3.63. The number of hydrogen-bond acceptors (Lipinski definition) is 4. The number of nitrogens with one attached hydrogen (secondary N) is 1. The highest BCUT2D eigenvalue weighted by Crippen LogP contribution is 2.36. The van der Waals surface area contributed by atoms with Crippen LogP contribution in [0.3, 0.4) is 0 Å². The van der Waals surface area contributed by atoms with Gasteiger partial charge in [0.2, 0.25) is 10.0 Å². The second-order valence-corrected chi connectivity index (χ2v) is 9.44. The molecule has 1 saturated carbocycles. The van der Waals surface area contributed by atoms with E-state index in [-0.39, 0.29) is 20.5 Å². The number of aromatic carboxylic acids is 1. The van der Waals surface area contributed by atoms with Crippen molar-refractivity contribution in [1.82, 2.24) is 4.72 Å². The highest BCUT2D eigenvalue weighted by atomic mass is 32.2. The van der Waals surface area contributed by atoms with Gasteiger partial charge >= 0.3 is 5.97 Å². The van der Waals surface area contributed by atoms with Gasteiger partial charge in [0, 0.05) is 6.04 Å². The first-order valence-corrected chi connectivity index (χ1v) is 9.27. The molecule has 1 heterocycles. The zero-order valence-electron chi connectivity index (χ0n) is 12.5. The molecule has 0 saturated heterocycles. The number of carboxylic acids is 1. The van der Waals surface area contributed by atoms with E-state index in [0.29, 0.717) is 5.56 Å². The van der Waals surface area contributed by atoms with Gasteiger partial charge in [0.1, 0.15) is 9.09 Å². The molecular formula is C14H21NO4S2. The standard InChI is InChI=1S/C14H21NO4S2/c1-9-8-11(20-12(9)13(16)17)21(18,19)15-10-4-6-14(2,3)7-5-10/h8,10,15H,4-7H2,1-3H3,(H,16,17). The van der Waals surface area contributed by atoms with E-state index >= 15 is 0 Å². The van der Waals surface area contributed by atoms with Crippen LogP contribution in [0.1, 0.15) is 54.8 Å². The van der Waals surface area contributed by atoms with Crippen LogP contribution < -0.4 is 4.72 Å². The first kappa shape index (κ1) is 16.5. The van der Waals surface area contributed by atoms with Gasteiger partial charge in [0.05, 0.1) is 0 Å². The van der Waals surface area contributed by atoms with Crippen LogP contribution in [0.5, 0.6) is 0 Å². The second-order valence-electron chi connectivity index (χ2n) is 6.44. The summed E-state index contributed by atoms with van der Waals surface area (Å²) >= 11 is 0.813. The van der Waals surface area contributed by atoms with E-state index in [9.17, 15) is 13.2 Å². The van der Waals surface area contributed by atoms with Crippen LogP contribution in [0.4, 0.5) is 0 Å². The minimum atomic E-state index is -3.63. The Bertz CT molecular complexity index is 636. The van der Waals surface area contributed by atoms with Crippen LogP contribution in [0.25, 0.3) is 0 Å². The molecule has 0 unspecified atom stereocenters. The monoisotopic (exact) mass is 331 g/mol. The van der Waals surface area contributed by atoms with Crippen LogP contribution in [-0.4, -0.2) is 25.5 Å². The van der Waals surface area contributed by atoms with E-state index in [4.69, 9.17) is 5.11 Å². The first-order chi connectivity index (χ1) is 9.61. The van der Waals surface area contributed by atoms with E-state index in [2.05, 4.69) is 18.6 Å². The van der Waals surface area contributed by atoms with E-state index in [0.717, 1.165) is 37.0 Å². The molecule has 2 N–H and O–H groups in total. The van der Waals surface area contributed by atoms with Crippen molar-refractivity contribution in [2.45, 2.75) is 56.7 Å². The van der Waals surface area contributed by atoms with E-state index in [1.54, 1.807) is 6.92 Å². The largest absolute Gasteiger partial charge is 0.477 e. The predicted octanol–water partition coefficient (Wildman–Crippen LogP) is 3.00. The molecule has 1 aromatic heterocycles. The summed E-state index contributed by atoms with van der Waals surface area (Å²) in [6.07, 6.45) is 3.62. The maximum absolute atomic E-state index is 12.4. The molecule has 118 valence electrons. The lowest BCUT2D eigenvalue weighted by atomic mass is 9.76. The Kier molecular flexibility index (Phi) is 4.46. The molecule has 7 heteroatoms. The molecule has 0 aliphatic heterocycles. The average Bonchev–Trinajstić information content (AvgIpc) is 2.75. The number of aryl methyl sites for hydroxylation is 1. The van der Waals surface area contributed by atoms with Crippen LogP contribution in [0, 0.1) is 12.3 Å². The fourth-order valence-electron chi connectivity index (χ4n) is 2.59.